The van der Waals surface area contributed by atoms with Crippen molar-refractivity contribution in [3.05, 3.63) is 338 Å². The van der Waals surface area contributed by atoms with Crippen LogP contribution in [0.1, 0.15) is 157 Å². The third-order valence-electron chi connectivity index (χ3n) is 22.2. The highest BCUT2D eigenvalue weighted by Crippen LogP contribution is 2.41. The first-order valence-electron chi connectivity index (χ1n) is 43.3. The highest BCUT2D eigenvalue weighted by Gasteiger charge is 2.27. The summed E-state index contributed by atoms with van der Waals surface area (Å²) < 4.78 is 6.79. The van der Waals surface area contributed by atoms with Crippen molar-refractivity contribution in [3.63, 3.8) is 0 Å². The number of aliphatic hydroxyl groups excluding tert-OH is 1. The van der Waals surface area contributed by atoms with E-state index in [9.17, 15) is 44.4 Å². The Morgan fingerprint density at radius 2 is 0.852 bits per heavy atom. The van der Waals surface area contributed by atoms with Crippen LogP contribution < -0.4 is 22.2 Å². The van der Waals surface area contributed by atoms with Crippen molar-refractivity contribution in [2.24, 2.45) is 36.2 Å². The first kappa shape index (κ1) is 94.3. The lowest BCUT2D eigenvalue weighted by Gasteiger charge is -2.11. The van der Waals surface area contributed by atoms with Crippen LogP contribution in [-0.4, -0.2) is 109 Å². The van der Waals surface area contributed by atoms with Crippen LogP contribution in [0.3, 0.4) is 0 Å². The van der Waals surface area contributed by atoms with Gasteiger partial charge in [0.2, 0.25) is 11.8 Å². The number of H-pyrrole nitrogens is 2. The molecule has 14 aromatic rings. The number of primary amides is 1. The topological polar surface area (TPSA) is 350 Å². The third-order valence-corrected chi connectivity index (χ3v) is 22.2. The number of aromatic amines is 2. The molecule has 4 aromatic heterocycles. The smallest absolute Gasteiger partial charge is 0.312 e. The number of aromatic nitrogens is 6. The van der Waals surface area contributed by atoms with Gasteiger partial charge in [-0.1, -0.05) is 184 Å². The summed E-state index contributed by atoms with van der Waals surface area (Å²) in [5.74, 6) is 0.0222. The summed E-state index contributed by atoms with van der Waals surface area (Å²) in [5.41, 5.74) is 30.3. The Morgan fingerprint density at radius 1 is 0.422 bits per heavy atom. The number of phenolic OH excluding ortho intramolecular Hbond substituents is 2. The second-order valence-electron chi connectivity index (χ2n) is 32.7. The molecule has 0 fully saturated rings. The highest BCUT2D eigenvalue weighted by atomic mass is 16.3. The number of urea groups is 1. The maximum absolute atomic E-state index is 12.5. The number of carbonyl (C=O) groups is 3. The van der Waals surface area contributed by atoms with E-state index in [0.717, 1.165) is 121 Å². The number of phenols is 2. The molecule has 0 radical (unpaired) electrons. The summed E-state index contributed by atoms with van der Waals surface area (Å²) in [6, 6.07) is 66.3. The molecule has 24 nitrogen and oxygen atoms in total. The lowest BCUT2D eigenvalue weighted by molar-refractivity contribution is -0.118. The fourth-order valence-corrected chi connectivity index (χ4v) is 15.7. The van der Waals surface area contributed by atoms with Crippen LogP contribution in [0.25, 0.3) is 33.2 Å². The molecule has 0 spiro atoms. The number of fused-ring (bicyclic) bond motifs is 2. The number of Topliss-reactive ketones (excluding diaryl/α,β-unsaturated/α-hetero) is 2. The molecule has 662 valence electrons. The quantitative estimate of drug-likeness (QED) is 0.0151. The number of nitrogens with zero attached hydrogens (tertiary/aromatic N) is 10. The molecule has 14 rings (SSSR count). The minimum Gasteiger partial charge on any atom is -0.505 e. The lowest BCUT2D eigenvalue weighted by atomic mass is 9.96. The maximum atomic E-state index is 12.5. The number of rotatable bonds is 30. The van der Waals surface area contributed by atoms with E-state index in [1.165, 1.54) is 38.1 Å². The van der Waals surface area contributed by atoms with Crippen LogP contribution in [0.4, 0.5) is 27.5 Å². The van der Waals surface area contributed by atoms with Crippen molar-refractivity contribution in [1.29, 1.82) is 0 Å². The number of aliphatic imine (C=N–C) groups is 2. The predicted molar refractivity (Wildman–Crippen MR) is 512 cm³/mol. The van der Waals surface area contributed by atoms with Gasteiger partial charge in [-0.2, -0.15) is 0 Å². The van der Waals surface area contributed by atoms with E-state index in [-0.39, 0.29) is 90.0 Å². The number of azo groups is 2. The van der Waals surface area contributed by atoms with Crippen molar-refractivity contribution in [2.45, 2.75) is 168 Å². The maximum Gasteiger partial charge on any atom is 0.312 e. The van der Waals surface area contributed by atoms with Gasteiger partial charge in [-0.05, 0) is 249 Å². The number of hydrogen-bond donors (Lipinski definition) is 9. The van der Waals surface area contributed by atoms with E-state index in [4.69, 9.17) is 15.8 Å². The number of unbranched alkanes of at least 4 members (excludes halogenated alkanes) is 1. The summed E-state index contributed by atoms with van der Waals surface area (Å²) in [7, 11) is 0. The van der Waals surface area contributed by atoms with Crippen LogP contribution >= 0.6 is 0 Å². The third kappa shape index (κ3) is 23.6. The van der Waals surface area contributed by atoms with E-state index in [0.29, 0.717) is 77.7 Å². The van der Waals surface area contributed by atoms with Gasteiger partial charge in [0.25, 0.3) is 11.1 Å². The number of amides is 2. The molecule has 0 saturated carbocycles. The minimum atomic E-state index is -0.768. The van der Waals surface area contributed by atoms with Gasteiger partial charge < -0.3 is 36.6 Å². The van der Waals surface area contributed by atoms with Crippen LogP contribution in [0, 0.1) is 83.1 Å². The van der Waals surface area contributed by atoms with Gasteiger partial charge in [0, 0.05) is 59.4 Å². The second-order valence-corrected chi connectivity index (χ2v) is 32.7. The molecule has 0 aliphatic rings. The second kappa shape index (κ2) is 44.0. The molecule has 0 aliphatic carbocycles. The van der Waals surface area contributed by atoms with E-state index in [2.05, 4.69) is 142 Å². The highest BCUT2D eigenvalue weighted by molar-refractivity contribution is 6.23. The van der Waals surface area contributed by atoms with Gasteiger partial charge in [0.1, 0.15) is 29.4 Å². The SMILES string of the molecule is CCCCn1[nH]c(C)c(N=Nc2cccc(CCc3c(C)cccc3C)c2O)c1=O.CCCn1[nH]c(C)c(N=Nc2cccc(CCc3cc(C)ccc3C)c2O)c1=O.Cc1cc(C)cc(-n2c(O)c(C(=NCC(=O)CCCO)c3ccccc3)c3ccc(C)cc32)c1.Cc1cc(C)cc(-n2c(O)c(C(=NCC(=O)CNC(N)=O)c3ccccc3)c3ccc(C)cc32)c1. The largest absolute Gasteiger partial charge is 0.505 e. The predicted octanol–water partition coefficient (Wildman–Crippen LogP) is 21.0. The molecule has 2 amide bonds. The lowest BCUT2D eigenvalue weighted by Crippen LogP contribution is -2.34. The Hall–Kier alpha value is -14.4. The zero-order valence-electron chi connectivity index (χ0n) is 75.6. The number of nitrogens with two attached hydrogens (primary N) is 1. The summed E-state index contributed by atoms with van der Waals surface area (Å²) in [6.45, 7) is 29.1. The molecule has 0 atom stereocenters. The van der Waals surface area contributed by atoms with Gasteiger partial charge in [0.05, 0.1) is 58.1 Å². The molecule has 10 N–H and O–H groups in total. The zero-order valence-corrected chi connectivity index (χ0v) is 75.6. The van der Waals surface area contributed by atoms with E-state index >= 15 is 0 Å². The molecule has 0 unspecified atom stereocenters. The summed E-state index contributed by atoms with van der Waals surface area (Å²) in [4.78, 5) is 69.9. The molecule has 24 heteroatoms. The average Bonchev–Trinajstić information content (AvgIpc) is 1.59. The van der Waals surface area contributed by atoms with E-state index in [1.807, 2.05) is 185 Å². The molecule has 4 heterocycles. The van der Waals surface area contributed by atoms with Crippen LogP contribution in [0.5, 0.6) is 23.3 Å². The molecule has 0 aliphatic heterocycles. The number of benzene rings is 10. The van der Waals surface area contributed by atoms with Gasteiger partial charge >= 0.3 is 6.03 Å². The standard InChI is InChI=1S/C29H30N2O3.C28H28N4O3.C24H30N4O2.C23H28N4O2/c1-19-11-12-25-26(17-19)31(23-15-20(2)14-21(3)16-23)29(34)27(25)28(22-8-5-4-6-9-22)30-18-24(33)10-7-13-32;1-17-9-10-23-24(14-17)32(21-12-18(2)11-19(3)13-21)27(34)25(23)26(20-7-5-4-6-8-20)30-15-22(33)16-31-28(29)35;1-5-6-15-28-24(30)22(18(4)27-28)26-25-21-12-8-11-19(23(21)29)13-14-20-16(2)9-7-10-17(20)3;1-5-13-27-23(29)21(17(4)26-27)25-24-20-8-6-7-18(22(20)28)11-12-19-14-15(2)9-10-16(19)3/h4-6,8-9,11-12,14-17,32,34H,7,10,13,18H2,1-3H3;4-14,34H,15-16H2,1-3H3,(H3,29,31,35);7-12,27,29H,5-6,13-15H2,1-4H3;6-10,14,26,28H,5,11-13H2,1-4H3. The summed E-state index contributed by atoms with van der Waals surface area (Å²) >= 11 is 0. The van der Waals surface area contributed by atoms with Crippen LogP contribution in [-0.2, 0) is 48.4 Å². The average molecular weight is 1720 g/mol. The number of nitrogens with one attached hydrogen (secondary N) is 3. The Morgan fingerprint density at radius 3 is 1.30 bits per heavy atom. The molecule has 10 aromatic carbocycles. The van der Waals surface area contributed by atoms with Gasteiger partial charge in [-0.15, -0.1) is 20.5 Å². The number of para-hydroxylation sites is 2. The van der Waals surface area contributed by atoms with Crippen molar-refractivity contribution in [2.75, 3.05) is 26.2 Å². The number of aryl methyl sites for hydroxylation is 17. The Balaban J connectivity index is 0.000000166. The zero-order chi connectivity index (χ0) is 92.0. The van der Waals surface area contributed by atoms with E-state index < -0.39 is 6.03 Å². The van der Waals surface area contributed by atoms with Crippen molar-refractivity contribution < 1.29 is 39.9 Å². The molecule has 0 bridgehead atoms. The summed E-state index contributed by atoms with van der Waals surface area (Å²) in [5, 5.41) is 80.3. The van der Waals surface area contributed by atoms with Crippen LogP contribution in [0.2, 0.25) is 0 Å². The Labute approximate surface area is 746 Å². The van der Waals surface area contributed by atoms with Gasteiger partial charge in [-0.25, -0.2) is 4.79 Å². The first-order valence-corrected chi connectivity index (χ1v) is 43.3. The number of aliphatic hydroxyl groups is 1. The first-order chi connectivity index (χ1) is 61.4. The number of carbonyl (C=O) groups excluding carboxylic acids is 3. The monoisotopic (exact) mass is 1720 g/mol. The number of ketones is 2. The van der Waals surface area contributed by atoms with E-state index in [1.54, 1.807) is 30.7 Å². The van der Waals surface area contributed by atoms with Crippen LogP contribution in [0.15, 0.2) is 246 Å². The minimum absolute atomic E-state index is 0.00818. The van der Waals surface area contributed by atoms with Crippen molar-refractivity contribution >= 4 is 73.6 Å². The number of hydrogen-bond acceptors (Lipinski definition) is 16. The Bertz CT molecular complexity index is 6530. The fraction of sp³-hybridized carbons (Fsp3) is 0.279. The molecule has 128 heavy (non-hydrogen) atoms. The molecular formula is C104H116N14O10. The molecular weight excluding hydrogens is 1610 g/mol. The van der Waals surface area contributed by atoms with Crippen molar-refractivity contribution in [1.82, 2.24) is 34.0 Å². The van der Waals surface area contributed by atoms with Gasteiger partial charge in [-0.3, -0.25) is 57.9 Å². The fourth-order valence-electron chi connectivity index (χ4n) is 15.7. The van der Waals surface area contributed by atoms with Crippen molar-refractivity contribution in [3.8, 4) is 34.6 Å². The normalized spacial score (nSPS) is 11.6. The Kier molecular flexibility index (Phi) is 32.4. The summed E-state index contributed by atoms with van der Waals surface area (Å²) in [6.07, 6.45) is 6.54. The molecule has 0 saturated heterocycles. The van der Waals surface area contributed by atoms with Gasteiger partial charge in [0.15, 0.2) is 22.9 Å². The number of aromatic hydroxyl groups is 4.